The highest BCUT2D eigenvalue weighted by atomic mass is 16.5. The summed E-state index contributed by atoms with van der Waals surface area (Å²) >= 11 is 0. The minimum absolute atomic E-state index is 0.251. The molecular formula is C15H20O4. The van der Waals surface area contributed by atoms with Crippen LogP contribution in [-0.2, 0) is 16.0 Å². The van der Waals surface area contributed by atoms with Gasteiger partial charge in [0.05, 0.1) is 19.6 Å². The Hall–Kier alpha value is -1.55. The molecule has 104 valence electrons. The second-order valence-corrected chi connectivity index (χ2v) is 5.39. The molecule has 4 heteroatoms. The molecule has 1 aromatic carbocycles. The first kappa shape index (κ1) is 13.9. The molecule has 2 rings (SSSR count). The molecule has 0 aliphatic carbocycles. The van der Waals surface area contributed by atoms with Crippen LogP contribution in [0.25, 0.3) is 0 Å². The van der Waals surface area contributed by atoms with E-state index in [1.165, 1.54) is 0 Å². The van der Waals surface area contributed by atoms with E-state index in [1.807, 2.05) is 31.2 Å². The molecule has 0 bridgehead atoms. The van der Waals surface area contributed by atoms with Gasteiger partial charge in [-0.3, -0.25) is 4.79 Å². The van der Waals surface area contributed by atoms with Crippen molar-refractivity contribution in [2.24, 2.45) is 11.3 Å². The van der Waals surface area contributed by atoms with Gasteiger partial charge in [-0.1, -0.05) is 19.1 Å². The fourth-order valence-corrected chi connectivity index (χ4v) is 2.67. The van der Waals surface area contributed by atoms with Crippen LogP contribution >= 0.6 is 0 Å². The Morgan fingerprint density at radius 1 is 1.47 bits per heavy atom. The molecule has 2 unspecified atom stereocenters. The van der Waals surface area contributed by atoms with E-state index in [2.05, 4.69) is 0 Å². The molecule has 0 aromatic heterocycles. The Balaban J connectivity index is 2.15. The Labute approximate surface area is 113 Å². The smallest absolute Gasteiger partial charge is 0.309 e. The Morgan fingerprint density at radius 3 is 2.74 bits per heavy atom. The topological polar surface area (TPSA) is 55.8 Å². The second kappa shape index (κ2) is 5.61. The Bertz CT molecular complexity index is 440. The van der Waals surface area contributed by atoms with Crippen LogP contribution in [0.2, 0.25) is 0 Å². The van der Waals surface area contributed by atoms with E-state index >= 15 is 0 Å². The van der Waals surface area contributed by atoms with Crippen molar-refractivity contribution >= 4 is 5.97 Å². The van der Waals surface area contributed by atoms with Gasteiger partial charge in [-0.2, -0.15) is 0 Å². The van der Waals surface area contributed by atoms with Gasteiger partial charge < -0.3 is 14.6 Å². The van der Waals surface area contributed by atoms with E-state index in [0.29, 0.717) is 13.2 Å². The van der Waals surface area contributed by atoms with E-state index < -0.39 is 11.9 Å². The molecule has 0 amide bonds. The van der Waals surface area contributed by atoms with Gasteiger partial charge in [0.2, 0.25) is 0 Å². The fourth-order valence-electron chi connectivity index (χ4n) is 2.67. The van der Waals surface area contributed by atoms with Crippen molar-refractivity contribution in [1.29, 1.82) is 0 Å². The van der Waals surface area contributed by atoms with Gasteiger partial charge in [0, 0.05) is 6.61 Å². The zero-order chi connectivity index (χ0) is 13.9. The lowest BCUT2D eigenvalue weighted by Crippen LogP contribution is -2.43. The number of hydrogen-bond donors (Lipinski definition) is 1. The minimum atomic E-state index is -0.768. The van der Waals surface area contributed by atoms with Crippen molar-refractivity contribution in [3.8, 4) is 5.75 Å². The summed E-state index contributed by atoms with van der Waals surface area (Å²) in [5, 5.41) is 9.33. The molecular weight excluding hydrogens is 244 g/mol. The average molecular weight is 264 g/mol. The van der Waals surface area contributed by atoms with Crippen LogP contribution in [0, 0.1) is 11.3 Å². The quantitative estimate of drug-likeness (QED) is 0.907. The van der Waals surface area contributed by atoms with Crippen molar-refractivity contribution < 1.29 is 19.4 Å². The fraction of sp³-hybridized carbons (Fsp3) is 0.533. The molecule has 0 spiro atoms. The number of carbonyl (C=O) groups is 1. The van der Waals surface area contributed by atoms with Crippen molar-refractivity contribution in [2.45, 2.75) is 19.8 Å². The lowest BCUT2D eigenvalue weighted by atomic mass is 9.70. The van der Waals surface area contributed by atoms with Gasteiger partial charge in [0.1, 0.15) is 5.75 Å². The molecule has 4 nitrogen and oxygen atoms in total. The standard InChI is InChI=1S/C15H20O4/c1-15(7-8-19-10-13(15)14(16)17)9-11-3-5-12(18-2)6-4-11/h3-6,13H,7-10H2,1-2H3,(H,16,17). The minimum Gasteiger partial charge on any atom is -0.497 e. The van der Waals surface area contributed by atoms with E-state index in [9.17, 15) is 9.90 Å². The third kappa shape index (κ3) is 3.07. The molecule has 1 heterocycles. The monoisotopic (exact) mass is 264 g/mol. The number of carboxylic acids is 1. The Kier molecular flexibility index (Phi) is 4.10. The molecule has 1 saturated heterocycles. The number of carboxylic acid groups (broad SMARTS) is 1. The zero-order valence-electron chi connectivity index (χ0n) is 11.4. The lowest BCUT2D eigenvalue weighted by Gasteiger charge is -2.39. The third-order valence-electron chi connectivity index (χ3n) is 4.01. The molecule has 0 saturated carbocycles. The van der Waals surface area contributed by atoms with Crippen LogP contribution in [0.3, 0.4) is 0 Å². The average Bonchev–Trinajstić information content (AvgIpc) is 2.39. The number of hydrogen-bond acceptors (Lipinski definition) is 3. The van der Waals surface area contributed by atoms with Gasteiger partial charge in [-0.25, -0.2) is 0 Å². The number of benzene rings is 1. The summed E-state index contributed by atoms with van der Waals surface area (Å²) < 4.78 is 10.4. The van der Waals surface area contributed by atoms with Crippen LogP contribution < -0.4 is 4.74 Å². The highest BCUT2D eigenvalue weighted by molar-refractivity contribution is 5.71. The third-order valence-corrected chi connectivity index (χ3v) is 4.01. The van der Waals surface area contributed by atoms with Gasteiger partial charge in [0.15, 0.2) is 0 Å². The summed E-state index contributed by atoms with van der Waals surface area (Å²) in [6, 6.07) is 7.82. The normalized spacial score (nSPS) is 26.9. The van der Waals surface area contributed by atoms with Crippen LogP contribution in [0.5, 0.6) is 5.75 Å². The molecule has 1 aliphatic heterocycles. The summed E-state index contributed by atoms with van der Waals surface area (Å²) in [6.45, 7) is 2.98. The van der Waals surface area contributed by atoms with Crippen molar-refractivity contribution in [3.63, 3.8) is 0 Å². The Morgan fingerprint density at radius 2 is 2.16 bits per heavy atom. The SMILES string of the molecule is COc1ccc(CC2(C)CCOCC2C(=O)O)cc1. The maximum atomic E-state index is 11.4. The van der Waals surface area contributed by atoms with E-state index in [0.717, 1.165) is 24.2 Å². The van der Waals surface area contributed by atoms with Crippen LogP contribution in [0.4, 0.5) is 0 Å². The predicted octanol–water partition coefficient (Wildman–Crippen LogP) is 2.37. The van der Waals surface area contributed by atoms with Crippen molar-refractivity contribution in [2.75, 3.05) is 20.3 Å². The first-order chi connectivity index (χ1) is 9.05. The predicted molar refractivity (Wildman–Crippen MR) is 71.4 cm³/mol. The lowest BCUT2D eigenvalue weighted by molar-refractivity contribution is -0.155. The number of rotatable bonds is 4. The van der Waals surface area contributed by atoms with E-state index in [1.54, 1.807) is 7.11 Å². The number of ether oxygens (including phenoxy) is 2. The highest BCUT2D eigenvalue weighted by Crippen LogP contribution is 2.38. The summed E-state index contributed by atoms with van der Waals surface area (Å²) in [7, 11) is 1.63. The molecule has 1 aliphatic rings. The maximum absolute atomic E-state index is 11.4. The molecule has 2 atom stereocenters. The maximum Gasteiger partial charge on any atom is 0.309 e. The molecule has 1 N–H and O–H groups in total. The van der Waals surface area contributed by atoms with Crippen LogP contribution in [0.1, 0.15) is 18.9 Å². The molecule has 1 aromatic rings. The first-order valence-electron chi connectivity index (χ1n) is 6.49. The van der Waals surface area contributed by atoms with Gasteiger partial charge in [-0.15, -0.1) is 0 Å². The molecule has 19 heavy (non-hydrogen) atoms. The number of methoxy groups -OCH3 is 1. The molecule has 1 fully saturated rings. The van der Waals surface area contributed by atoms with E-state index in [4.69, 9.17) is 9.47 Å². The first-order valence-corrected chi connectivity index (χ1v) is 6.49. The summed E-state index contributed by atoms with van der Waals surface area (Å²) in [5.41, 5.74) is 0.884. The van der Waals surface area contributed by atoms with E-state index in [-0.39, 0.29) is 5.41 Å². The second-order valence-electron chi connectivity index (χ2n) is 5.39. The number of aliphatic carboxylic acids is 1. The zero-order valence-corrected chi connectivity index (χ0v) is 11.4. The van der Waals surface area contributed by atoms with Crippen molar-refractivity contribution in [3.05, 3.63) is 29.8 Å². The largest absolute Gasteiger partial charge is 0.497 e. The summed E-state index contributed by atoms with van der Waals surface area (Å²) in [5.74, 6) is -0.394. The highest BCUT2D eigenvalue weighted by Gasteiger charge is 2.41. The van der Waals surface area contributed by atoms with Crippen molar-refractivity contribution in [1.82, 2.24) is 0 Å². The molecule has 0 radical (unpaired) electrons. The van der Waals surface area contributed by atoms with Crippen LogP contribution in [-0.4, -0.2) is 31.4 Å². The van der Waals surface area contributed by atoms with Gasteiger partial charge >= 0.3 is 5.97 Å². The van der Waals surface area contributed by atoms with Gasteiger partial charge in [0.25, 0.3) is 0 Å². The summed E-state index contributed by atoms with van der Waals surface area (Å²) in [4.78, 5) is 11.4. The van der Waals surface area contributed by atoms with Gasteiger partial charge in [-0.05, 0) is 36.0 Å². The summed E-state index contributed by atoms with van der Waals surface area (Å²) in [6.07, 6.45) is 1.52. The van der Waals surface area contributed by atoms with Crippen LogP contribution in [0.15, 0.2) is 24.3 Å².